The van der Waals surface area contributed by atoms with Gasteiger partial charge in [0.1, 0.15) is 0 Å². The molecule has 2 N–H and O–H groups in total. The highest BCUT2D eigenvalue weighted by atomic mass is 32.2. The van der Waals surface area contributed by atoms with Crippen molar-refractivity contribution in [2.24, 2.45) is 5.14 Å². The van der Waals surface area contributed by atoms with Crippen LogP contribution >= 0.6 is 0 Å². The maximum atomic E-state index is 11.7. The van der Waals surface area contributed by atoms with E-state index < -0.39 is 16.7 Å². The predicted octanol–water partition coefficient (Wildman–Crippen LogP) is -0.110. The van der Waals surface area contributed by atoms with E-state index in [2.05, 4.69) is 4.98 Å². The van der Waals surface area contributed by atoms with Gasteiger partial charge in [-0.15, -0.1) is 0 Å². The molecule has 0 aromatic carbocycles. The number of primary sulfonamides is 1. The molecule has 5 nitrogen and oxygen atoms in total. The normalized spacial score (nSPS) is 11.8. The van der Waals surface area contributed by atoms with Crippen molar-refractivity contribution in [1.29, 1.82) is 0 Å². The molecule has 0 amide bonds. The zero-order valence-electron chi connectivity index (χ0n) is 6.85. The molecule has 13 heavy (non-hydrogen) atoms. The fraction of sp³-hybridized carbons (Fsp3) is 0.500. The molecule has 0 radical (unpaired) electrons. The van der Waals surface area contributed by atoms with Gasteiger partial charge in [-0.1, -0.05) is 0 Å². The molecule has 0 saturated heterocycles. The summed E-state index contributed by atoms with van der Waals surface area (Å²) in [6.07, 6.45) is 2.93. The minimum atomic E-state index is -3.73. The molecule has 0 fully saturated rings. The Labute approximate surface area is 75.4 Å². The van der Waals surface area contributed by atoms with E-state index in [-0.39, 0.29) is 5.03 Å². The molecular weight excluding hydrogens is 197 g/mol. The van der Waals surface area contributed by atoms with E-state index in [0.717, 1.165) is 0 Å². The van der Waals surface area contributed by atoms with E-state index in [1.54, 1.807) is 0 Å². The fourth-order valence-electron chi connectivity index (χ4n) is 0.851. The third-order valence-corrected chi connectivity index (χ3v) is 2.24. The highest BCUT2D eigenvalue weighted by Gasteiger charge is 2.10. The number of aryl methyl sites for hydroxylation is 1. The van der Waals surface area contributed by atoms with E-state index in [0.29, 0.717) is 13.0 Å². The summed E-state index contributed by atoms with van der Waals surface area (Å²) in [6, 6.07) is 0. The molecule has 0 saturated carbocycles. The minimum Gasteiger partial charge on any atom is -0.336 e. The summed E-state index contributed by atoms with van der Waals surface area (Å²) in [4.78, 5) is 3.57. The summed E-state index contributed by atoms with van der Waals surface area (Å²) in [5.74, 6) is 0. The summed E-state index contributed by atoms with van der Waals surface area (Å²) in [5, 5.41) is 4.63. The fourth-order valence-corrected chi connectivity index (χ4v) is 1.33. The molecule has 7 heteroatoms. The zero-order valence-corrected chi connectivity index (χ0v) is 7.67. The summed E-state index contributed by atoms with van der Waals surface area (Å²) in [7, 11) is -3.73. The lowest BCUT2D eigenvalue weighted by atomic mass is 10.5. The van der Waals surface area contributed by atoms with Gasteiger partial charge in [-0.05, 0) is 6.42 Å². The summed E-state index contributed by atoms with van der Waals surface area (Å²) in [6.45, 7) is -0.0398. The highest BCUT2D eigenvalue weighted by Crippen LogP contribution is 2.02. The first-order valence-electron chi connectivity index (χ1n) is 3.64. The molecule has 0 aliphatic rings. The maximum absolute atomic E-state index is 11.7. The monoisotopic (exact) mass is 207 g/mol. The smallest absolute Gasteiger partial charge is 0.257 e. The second kappa shape index (κ2) is 3.84. The van der Waals surface area contributed by atoms with Gasteiger partial charge in [0.2, 0.25) is 0 Å². The number of alkyl halides is 1. The number of hydrogen-bond acceptors (Lipinski definition) is 3. The van der Waals surface area contributed by atoms with Crippen molar-refractivity contribution in [3.63, 3.8) is 0 Å². The predicted molar refractivity (Wildman–Crippen MR) is 44.2 cm³/mol. The first kappa shape index (κ1) is 10.1. The molecule has 0 aliphatic carbocycles. The first-order chi connectivity index (χ1) is 6.04. The van der Waals surface area contributed by atoms with Crippen molar-refractivity contribution in [1.82, 2.24) is 9.55 Å². The van der Waals surface area contributed by atoms with E-state index in [1.807, 2.05) is 0 Å². The van der Waals surface area contributed by atoms with Gasteiger partial charge in [0, 0.05) is 12.7 Å². The number of imidazole rings is 1. The molecule has 0 aliphatic heterocycles. The third-order valence-electron chi connectivity index (χ3n) is 1.45. The Balaban J connectivity index is 2.76. The Morgan fingerprint density at radius 1 is 1.62 bits per heavy atom. The minimum absolute atomic E-state index is 0.189. The van der Waals surface area contributed by atoms with Crippen molar-refractivity contribution in [2.75, 3.05) is 6.67 Å². The largest absolute Gasteiger partial charge is 0.336 e. The van der Waals surface area contributed by atoms with Crippen molar-refractivity contribution >= 4 is 10.0 Å². The Bertz CT molecular complexity index is 373. The van der Waals surface area contributed by atoms with E-state index in [4.69, 9.17) is 5.14 Å². The Morgan fingerprint density at radius 3 is 2.77 bits per heavy atom. The molecule has 1 aromatic heterocycles. The van der Waals surface area contributed by atoms with Crippen molar-refractivity contribution in [2.45, 2.75) is 18.0 Å². The molecular formula is C6H10FN3O2S. The van der Waals surface area contributed by atoms with E-state index >= 15 is 0 Å². The van der Waals surface area contributed by atoms with Crippen LogP contribution in [-0.2, 0) is 16.6 Å². The van der Waals surface area contributed by atoms with Crippen LogP contribution in [0.1, 0.15) is 6.42 Å². The van der Waals surface area contributed by atoms with Gasteiger partial charge < -0.3 is 4.57 Å². The molecule has 0 unspecified atom stereocenters. The van der Waals surface area contributed by atoms with Crippen LogP contribution in [0.5, 0.6) is 0 Å². The molecule has 0 spiro atoms. The average Bonchev–Trinajstić information content (AvgIpc) is 2.47. The highest BCUT2D eigenvalue weighted by molar-refractivity contribution is 7.89. The summed E-state index contributed by atoms with van der Waals surface area (Å²) >= 11 is 0. The van der Waals surface area contributed by atoms with Crippen LogP contribution < -0.4 is 5.14 Å². The van der Waals surface area contributed by atoms with Crippen LogP contribution in [0.15, 0.2) is 17.6 Å². The molecule has 1 aromatic rings. The van der Waals surface area contributed by atoms with Gasteiger partial charge in [-0.3, -0.25) is 4.39 Å². The lowest BCUT2D eigenvalue weighted by molar-refractivity contribution is 0.446. The topological polar surface area (TPSA) is 78.0 Å². The number of nitrogens with two attached hydrogens (primary N) is 1. The summed E-state index contributed by atoms with van der Waals surface area (Å²) < 4.78 is 34.7. The van der Waals surface area contributed by atoms with Crippen LogP contribution in [0.25, 0.3) is 0 Å². The number of hydrogen-bond donors (Lipinski definition) is 1. The van der Waals surface area contributed by atoms with Gasteiger partial charge in [0.15, 0.2) is 5.03 Å². The van der Waals surface area contributed by atoms with Crippen LogP contribution in [-0.4, -0.2) is 24.6 Å². The maximum Gasteiger partial charge on any atom is 0.257 e. The van der Waals surface area contributed by atoms with Crippen LogP contribution in [0.3, 0.4) is 0 Å². The van der Waals surface area contributed by atoms with Gasteiger partial charge in [-0.25, -0.2) is 18.5 Å². The van der Waals surface area contributed by atoms with Gasteiger partial charge in [-0.2, -0.15) is 0 Å². The molecule has 0 bridgehead atoms. The number of halogens is 1. The van der Waals surface area contributed by atoms with Gasteiger partial charge >= 0.3 is 0 Å². The Kier molecular flexibility index (Phi) is 2.99. The van der Waals surface area contributed by atoms with E-state index in [9.17, 15) is 12.8 Å². The van der Waals surface area contributed by atoms with E-state index in [1.165, 1.54) is 17.1 Å². The van der Waals surface area contributed by atoms with Gasteiger partial charge in [0.25, 0.3) is 10.0 Å². The number of sulfonamides is 1. The lowest BCUT2D eigenvalue weighted by Crippen LogP contribution is -2.12. The number of rotatable bonds is 4. The molecule has 0 atom stereocenters. The van der Waals surface area contributed by atoms with Crippen LogP contribution in [0.2, 0.25) is 0 Å². The second-order valence-corrected chi connectivity index (χ2v) is 4.05. The van der Waals surface area contributed by atoms with Gasteiger partial charge in [0.05, 0.1) is 13.0 Å². The second-order valence-electron chi connectivity index (χ2n) is 2.54. The summed E-state index contributed by atoms with van der Waals surface area (Å²) in [5.41, 5.74) is 0. The average molecular weight is 207 g/mol. The van der Waals surface area contributed by atoms with Crippen molar-refractivity contribution in [3.8, 4) is 0 Å². The van der Waals surface area contributed by atoms with Crippen LogP contribution in [0, 0.1) is 0 Å². The molecule has 1 heterocycles. The Morgan fingerprint density at radius 2 is 2.31 bits per heavy atom. The third kappa shape index (κ3) is 2.78. The lowest BCUT2D eigenvalue weighted by Gasteiger charge is -1.96. The Hall–Kier alpha value is -0.950. The quantitative estimate of drug-likeness (QED) is 0.748. The molecule has 1 rings (SSSR count). The standard InChI is InChI=1S/C6H10FN3O2S/c7-2-1-3-10-4-6(9-5-10)13(8,11)12/h4-5H,1-3H2,(H2,8,11,12). The van der Waals surface area contributed by atoms with Crippen molar-refractivity contribution < 1.29 is 12.8 Å². The SMILES string of the molecule is NS(=O)(=O)c1cn(CCCF)cn1. The molecule has 74 valence electrons. The number of aromatic nitrogens is 2. The van der Waals surface area contributed by atoms with Crippen LogP contribution in [0.4, 0.5) is 4.39 Å². The number of nitrogens with zero attached hydrogens (tertiary/aromatic N) is 2. The zero-order chi connectivity index (χ0) is 9.90. The first-order valence-corrected chi connectivity index (χ1v) is 5.19. The van der Waals surface area contributed by atoms with Crippen molar-refractivity contribution in [3.05, 3.63) is 12.5 Å².